The smallest absolute Gasteiger partial charge is 0.224 e. The van der Waals surface area contributed by atoms with E-state index in [1.54, 1.807) is 24.8 Å². The summed E-state index contributed by atoms with van der Waals surface area (Å²) in [7, 11) is 5.79. The number of thiophene rings is 1. The lowest BCUT2D eigenvalue weighted by atomic mass is 9.92. The highest BCUT2D eigenvalue weighted by atomic mass is 32.1. The van der Waals surface area contributed by atoms with Crippen LogP contribution in [0.25, 0.3) is 10.2 Å². The number of anilines is 2. The van der Waals surface area contributed by atoms with E-state index >= 15 is 0 Å². The van der Waals surface area contributed by atoms with Crippen LogP contribution >= 0.6 is 11.3 Å². The quantitative estimate of drug-likeness (QED) is 0.227. The average molecular weight is 587 g/mol. The van der Waals surface area contributed by atoms with E-state index in [1.165, 1.54) is 21.6 Å². The summed E-state index contributed by atoms with van der Waals surface area (Å²) in [5, 5.41) is 8.34. The second kappa shape index (κ2) is 13.6. The maximum atomic E-state index is 13.2. The number of hydrogen-bond donors (Lipinski definition) is 2. The molecular formula is C33H42N6O2S. The van der Waals surface area contributed by atoms with Gasteiger partial charge in [-0.2, -0.15) is 0 Å². The summed E-state index contributed by atoms with van der Waals surface area (Å²) < 4.78 is 5.66. The molecule has 0 bridgehead atoms. The van der Waals surface area contributed by atoms with E-state index in [-0.39, 0.29) is 5.91 Å². The Morgan fingerprint density at radius 1 is 1.10 bits per heavy atom. The number of rotatable bonds is 12. The van der Waals surface area contributed by atoms with Crippen molar-refractivity contribution in [1.82, 2.24) is 25.1 Å². The second-order valence-electron chi connectivity index (χ2n) is 11.4. The maximum absolute atomic E-state index is 13.2. The highest BCUT2D eigenvalue weighted by molar-refractivity contribution is 7.19. The summed E-state index contributed by atoms with van der Waals surface area (Å²) in [5.74, 6) is 1.82. The summed E-state index contributed by atoms with van der Waals surface area (Å²) in [5.41, 5.74) is 5.80. The number of fused-ring (bicyclic) bond motifs is 3. The third kappa shape index (κ3) is 7.09. The molecule has 0 aliphatic heterocycles. The van der Waals surface area contributed by atoms with Crippen molar-refractivity contribution < 1.29 is 9.53 Å². The Labute approximate surface area is 253 Å². The number of likely N-dealkylation sites (N-methyl/N-ethyl adjacent to an activating group) is 1. The summed E-state index contributed by atoms with van der Waals surface area (Å²) >= 11 is 1.76. The fourth-order valence-electron chi connectivity index (χ4n) is 5.52. The number of amides is 1. The standard InChI is InChI=1S/C33H42N6O2S/c1-22-17-27(28(41-5)18-23(22)2)37-32-31-26-12-11-25(19-29(26)42-33(31)36-21-35-32)34-14-13-30(40)39(16-15-38(3)4)20-24-9-7-6-8-10-24/h6-10,17-18,21,25,34H,11-16,19-20H2,1-5H3,(H,35,36,37). The number of benzene rings is 2. The van der Waals surface area contributed by atoms with Crippen molar-refractivity contribution in [1.29, 1.82) is 0 Å². The van der Waals surface area contributed by atoms with Crippen LogP contribution in [0, 0.1) is 13.8 Å². The molecule has 1 aliphatic carbocycles. The molecule has 0 spiro atoms. The molecule has 9 heteroatoms. The number of hydrogen-bond acceptors (Lipinski definition) is 8. The van der Waals surface area contributed by atoms with Crippen LogP contribution in [0.5, 0.6) is 5.75 Å². The number of aryl methyl sites for hydroxylation is 3. The zero-order chi connectivity index (χ0) is 29.6. The van der Waals surface area contributed by atoms with Gasteiger partial charge in [-0.05, 0) is 81.6 Å². The van der Waals surface area contributed by atoms with Gasteiger partial charge < -0.3 is 25.2 Å². The average Bonchev–Trinajstić information content (AvgIpc) is 3.36. The molecule has 1 atom stereocenters. The van der Waals surface area contributed by atoms with Crippen molar-refractivity contribution in [3.05, 3.63) is 75.9 Å². The summed E-state index contributed by atoms with van der Waals surface area (Å²) in [6.07, 6.45) is 5.04. The van der Waals surface area contributed by atoms with Crippen LogP contribution < -0.4 is 15.4 Å². The Kier molecular flexibility index (Phi) is 9.72. The molecule has 2 aromatic heterocycles. The van der Waals surface area contributed by atoms with Gasteiger partial charge in [0.15, 0.2) is 0 Å². The maximum Gasteiger partial charge on any atom is 0.224 e. The Balaban J connectivity index is 1.23. The van der Waals surface area contributed by atoms with E-state index in [1.807, 2.05) is 37.2 Å². The largest absolute Gasteiger partial charge is 0.495 e. The van der Waals surface area contributed by atoms with Gasteiger partial charge >= 0.3 is 0 Å². The molecule has 42 heavy (non-hydrogen) atoms. The van der Waals surface area contributed by atoms with Gasteiger partial charge in [0.2, 0.25) is 5.91 Å². The van der Waals surface area contributed by atoms with Gasteiger partial charge in [0.1, 0.15) is 22.7 Å². The summed E-state index contributed by atoms with van der Waals surface area (Å²) in [4.78, 5) is 29.0. The minimum absolute atomic E-state index is 0.194. The fraction of sp³-hybridized carbons (Fsp3) is 0.424. The van der Waals surface area contributed by atoms with Crippen LogP contribution in [0.1, 0.15) is 40.0 Å². The molecule has 2 N–H and O–H groups in total. The van der Waals surface area contributed by atoms with Crippen LogP contribution in [-0.4, -0.2) is 72.6 Å². The number of carbonyl (C=O) groups excluding carboxylic acids is 1. The Morgan fingerprint density at radius 3 is 2.64 bits per heavy atom. The second-order valence-corrected chi connectivity index (χ2v) is 12.5. The first-order valence-corrected chi connectivity index (χ1v) is 15.5. The molecule has 2 heterocycles. The van der Waals surface area contributed by atoms with E-state index in [4.69, 9.17) is 4.74 Å². The Hall–Kier alpha value is -3.53. The number of ether oxygens (including phenoxy) is 1. The molecule has 2 aromatic carbocycles. The van der Waals surface area contributed by atoms with E-state index < -0.39 is 0 Å². The minimum Gasteiger partial charge on any atom is -0.495 e. The van der Waals surface area contributed by atoms with Crippen LogP contribution in [0.3, 0.4) is 0 Å². The monoisotopic (exact) mass is 586 g/mol. The fourth-order valence-corrected chi connectivity index (χ4v) is 6.79. The molecule has 1 unspecified atom stereocenters. The number of aromatic nitrogens is 2. The SMILES string of the molecule is COc1cc(C)c(C)cc1Nc1ncnc2sc3c(c12)CCC(NCCC(=O)N(CCN(C)C)Cc1ccccc1)C3. The first-order valence-electron chi connectivity index (χ1n) is 14.7. The molecular weight excluding hydrogens is 544 g/mol. The molecule has 0 saturated heterocycles. The van der Waals surface area contributed by atoms with Crippen LogP contribution in [-0.2, 0) is 24.2 Å². The number of nitrogens with one attached hydrogen (secondary N) is 2. The lowest BCUT2D eigenvalue weighted by Crippen LogP contribution is -2.40. The van der Waals surface area contributed by atoms with Gasteiger partial charge in [-0.3, -0.25) is 4.79 Å². The normalized spacial score (nSPS) is 14.7. The minimum atomic E-state index is 0.194. The molecule has 5 rings (SSSR count). The van der Waals surface area contributed by atoms with Crippen molar-refractivity contribution in [3.63, 3.8) is 0 Å². The highest BCUT2D eigenvalue weighted by Gasteiger charge is 2.26. The number of methoxy groups -OCH3 is 1. The molecule has 1 aliphatic rings. The molecule has 0 fully saturated rings. The van der Waals surface area contributed by atoms with Gasteiger partial charge in [0.05, 0.1) is 18.2 Å². The Morgan fingerprint density at radius 2 is 1.88 bits per heavy atom. The van der Waals surface area contributed by atoms with Crippen LogP contribution in [0.15, 0.2) is 48.8 Å². The Bertz CT molecular complexity index is 1520. The predicted molar refractivity (Wildman–Crippen MR) is 172 cm³/mol. The van der Waals surface area contributed by atoms with E-state index in [9.17, 15) is 4.79 Å². The highest BCUT2D eigenvalue weighted by Crippen LogP contribution is 2.40. The third-order valence-electron chi connectivity index (χ3n) is 8.07. The number of carbonyl (C=O) groups is 1. The van der Waals surface area contributed by atoms with E-state index in [2.05, 4.69) is 63.6 Å². The molecule has 1 amide bonds. The molecule has 222 valence electrons. The van der Waals surface area contributed by atoms with Gasteiger partial charge in [-0.25, -0.2) is 9.97 Å². The van der Waals surface area contributed by atoms with Gasteiger partial charge in [-0.1, -0.05) is 30.3 Å². The van der Waals surface area contributed by atoms with Crippen molar-refractivity contribution in [2.45, 2.75) is 52.1 Å². The topological polar surface area (TPSA) is 82.6 Å². The molecule has 8 nitrogen and oxygen atoms in total. The van der Waals surface area contributed by atoms with E-state index in [0.29, 0.717) is 25.6 Å². The molecule has 4 aromatic rings. The van der Waals surface area contributed by atoms with Gasteiger partial charge in [0, 0.05) is 43.5 Å². The van der Waals surface area contributed by atoms with Crippen molar-refractivity contribution >= 4 is 39.0 Å². The van der Waals surface area contributed by atoms with Gasteiger partial charge in [0.25, 0.3) is 0 Å². The lowest BCUT2D eigenvalue weighted by molar-refractivity contribution is -0.131. The van der Waals surface area contributed by atoms with Crippen molar-refractivity contribution in [2.24, 2.45) is 0 Å². The summed E-state index contributed by atoms with van der Waals surface area (Å²) in [6.45, 7) is 7.09. The van der Waals surface area contributed by atoms with Crippen molar-refractivity contribution in [2.75, 3.05) is 46.2 Å². The molecule has 0 radical (unpaired) electrons. The molecule has 0 saturated carbocycles. The zero-order valence-corrected chi connectivity index (χ0v) is 26.2. The van der Waals surface area contributed by atoms with Gasteiger partial charge in [-0.15, -0.1) is 11.3 Å². The van der Waals surface area contributed by atoms with Crippen molar-refractivity contribution in [3.8, 4) is 5.75 Å². The third-order valence-corrected chi connectivity index (χ3v) is 9.23. The first-order chi connectivity index (χ1) is 20.3. The van der Waals surface area contributed by atoms with Crippen LogP contribution in [0.4, 0.5) is 11.5 Å². The first kappa shape index (κ1) is 29.9. The van der Waals surface area contributed by atoms with E-state index in [0.717, 1.165) is 65.4 Å². The zero-order valence-electron chi connectivity index (χ0n) is 25.4. The number of nitrogens with zero attached hydrogens (tertiary/aromatic N) is 4. The van der Waals surface area contributed by atoms with Crippen LogP contribution in [0.2, 0.25) is 0 Å². The summed E-state index contributed by atoms with van der Waals surface area (Å²) in [6, 6.07) is 14.8. The lowest BCUT2D eigenvalue weighted by Gasteiger charge is -2.26. The predicted octanol–water partition coefficient (Wildman–Crippen LogP) is 5.49.